The Kier molecular flexibility index (Phi) is 5.42. The van der Waals surface area contributed by atoms with Gasteiger partial charge in [0, 0.05) is 27.7 Å². The van der Waals surface area contributed by atoms with Crippen LogP contribution in [0.1, 0.15) is 58.7 Å². The Morgan fingerprint density at radius 1 is 1.09 bits per heavy atom. The maximum Gasteiger partial charge on any atom is 0.235 e. The van der Waals surface area contributed by atoms with Crippen molar-refractivity contribution in [2.75, 3.05) is 11.9 Å². The summed E-state index contributed by atoms with van der Waals surface area (Å²) < 4.78 is 14.2. The molecule has 1 atom stereocenters. The summed E-state index contributed by atoms with van der Waals surface area (Å²) in [6.07, 6.45) is 1.38. The van der Waals surface area contributed by atoms with Gasteiger partial charge in [-0.15, -0.1) is 0 Å². The van der Waals surface area contributed by atoms with E-state index in [0.29, 0.717) is 31.6 Å². The zero-order valence-corrected chi connectivity index (χ0v) is 21.0. The first-order valence-corrected chi connectivity index (χ1v) is 12.2. The molecule has 1 saturated carbocycles. The third-order valence-electron chi connectivity index (χ3n) is 7.09. The number of ether oxygens (including phenoxy) is 2. The number of hydrogen-bond acceptors (Lipinski definition) is 5. The first-order valence-electron chi connectivity index (χ1n) is 12.2. The van der Waals surface area contributed by atoms with Gasteiger partial charge in [-0.2, -0.15) is 0 Å². The molecule has 1 aliphatic carbocycles. The molecule has 2 heterocycles. The maximum atomic E-state index is 13.3. The normalized spacial score (nSPS) is 20.8. The number of benzene rings is 2. The average molecular weight is 479 g/mol. The van der Waals surface area contributed by atoms with Gasteiger partial charge in [-0.3, -0.25) is 4.79 Å². The van der Waals surface area contributed by atoms with Gasteiger partial charge < -0.3 is 29.6 Å². The molecule has 0 bridgehead atoms. The van der Waals surface area contributed by atoms with Crippen LogP contribution in [0.25, 0.3) is 10.9 Å². The number of rotatable bonds is 5. The number of nitrogens with zero attached hydrogens (tertiary/aromatic N) is 1. The second kappa shape index (κ2) is 8.00. The quantitative estimate of drug-likeness (QED) is 0.440. The van der Waals surface area contributed by atoms with Crippen LogP contribution in [0, 0.1) is 0 Å². The standard InChI is InChI=1S/C28H34N2O5/c1-26(2,3)24-13-17-12-19(7-8-21(17)30(24)15-20-16-34-27(4,5)35-20)29-25(33)28(10-11-28)18-6-9-22(31)23(32)14-18/h6-9,12-14,20,31-32H,10-11,15-16H2,1-5H3,(H,29,33)/t20-/m1/s1. The molecule has 1 aliphatic heterocycles. The number of amides is 1. The Labute approximate surface area is 205 Å². The van der Waals surface area contributed by atoms with Gasteiger partial charge in [0.1, 0.15) is 6.10 Å². The lowest BCUT2D eigenvalue weighted by atomic mass is 9.92. The predicted octanol–water partition coefficient (Wildman–Crippen LogP) is 5.17. The van der Waals surface area contributed by atoms with Gasteiger partial charge in [0.15, 0.2) is 17.3 Å². The van der Waals surface area contributed by atoms with Crippen LogP contribution in [0.2, 0.25) is 0 Å². The van der Waals surface area contributed by atoms with Crippen molar-refractivity contribution in [2.24, 2.45) is 0 Å². The summed E-state index contributed by atoms with van der Waals surface area (Å²) in [4.78, 5) is 13.3. The van der Waals surface area contributed by atoms with E-state index >= 15 is 0 Å². The van der Waals surface area contributed by atoms with Gasteiger partial charge in [-0.1, -0.05) is 26.8 Å². The number of aromatic hydroxyl groups is 2. The minimum atomic E-state index is -0.671. The summed E-state index contributed by atoms with van der Waals surface area (Å²) in [5, 5.41) is 23.7. The molecule has 0 spiro atoms. The van der Waals surface area contributed by atoms with Crippen molar-refractivity contribution in [1.82, 2.24) is 4.57 Å². The fraction of sp³-hybridized carbons (Fsp3) is 0.464. The monoisotopic (exact) mass is 478 g/mol. The highest BCUT2D eigenvalue weighted by molar-refractivity contribution is 6.02. The van der Waals surface area contributed by atoms with Crippen molar-refractivity contribution < 1.29 is 24.5 Å². The van der Waals surface area contributed by atoms with E-state index in [2.05, 4.69) is 36.7 Å². The van der Waals surface area contributed by atoms with Gasteiger partial charge in [-0.25, -0.2) is 0 Å². The van der Waals surface area contributed by atoms with Crippen molar-refractivity contribution >= 4 is 22.5 Å². The zero-order valence-electron chi connectivity index (χ0n) is 21.0. The van der Waals surface area contributed by atoms with Crippen LogP contribution in [0.5, 0.6) is 11.5 Å². The fourth-order valence-electron chi connectivity index (χ4n) is 5.07. The van der Waals surface area contributed by atoms with E-state index in [1.54, 1.807) is 6.07 Å². The van der Waals surface area contributed by atoms with Crippen molar-refractivity contribution in [1.29, 1.82) is 0 Å². The third-order valence-corrected chi connectivity index (χ3v) is 7.09. The molecule has 2 aromatic carbocycles. The van der Waals surface area contributed by atoms with Crippen LogP contribution in [-0.4, -0.2) is 39.2 Å². The second-order valence-electron chi connectivity index (χ2n) is 11.4. The first kappa shape index (κ1) is 23.7. The summed E-state index contributed by atoms with van der Waals surface area (Å²) in [7, 11) is 0. The highest BCUT2D eigenvalue weighted by atomic mass is 16.7. The van der Waals surface area contributed by atoms with Crippen LogP contribution in [-0.2, 0) is 31.6 Å². The Morgan fingerprint density at radius 3 is 2.43 bits per heavy atom. The van der Waals surface area contributed by atoms with E-state index in [1.165, 1.54) is 17.8 Å². The Bertz CT molecular complexity index is 1300. The Balaban J connectivity index is 1.42. The molecule has 1 aromatic heterocycles. The number of anilines is 1. The number of phenolic OH excluding ortho intramolecular Hbond substituents is 2. The van der Waals surface area contributed by atoms with Crippen molar-refractivity contribution in [2.45, 2.75) is 76.7 Å². The Hall–Kier alpha value is -3.03. The number of hydrogen-bond donors (Lipinski definition) is 3. The van der Waals surface area contributed by atoms with Crippen LogP contribution >= 0.6 is 0 Å². The molecular weight excluding hydrogens is 444 g/mol. The average Bonchev–Trinajstić information content (AvgIpc) is 3.40. The van der Waals surface area contributed by atoms with Crippen LogP contribution in [0.15, 0.2) is 42.5 Å². The summed E-state index contributed by atoms with van der Waals surface area (Å²) in [5.74, 6) is -1.07. The van der Waals surface area contributed by atoms with Crippen molar-refractivity contribution in [3.05, 3.63) is 53.7 Å². The SMILES string of the molecule is CC1(C)OC[C@@H](Cn2c(C(C)(C)C)cc3cc(NC(=O)C4(c5ccc(O)c(O)c5)CC4)ccc32)O1. The summed E-state index contributed by atoms with van der Waals surface area (Å²) >= 11 is 0. The lowest BCUT2D eigenvalue weighted by molar-refractivity contribution is -0.139. The van der Waals surface area contributed by atoms with Gasteiger partial charge >= 0.3 is 0 Å². The van der Waals surface area contributed by atoms with E-state index in [4.69, 9.17) is 9.47 Å². The molecule has 7 nitrogen and oxygen atoms in total. The van der Waals surface area contributed by atoms with Gasteiger partial charge in [-0.05, 0) is 68.7 Å². The van der Waals surface area contributed by atoms with Crippen LogP contribution < -0.4 is 5.32 Å². The fourth-order valence-corrected chi connectivity index (χ4v) is 5.07. The van der Waals surface area contributed by atoms with E-state index < -0.39 is 11.2 Å². The minimum absolute atomic E-state index is 0.0301. The minimum Gasteiger partial charge on any atom is -0.504 e. The highest BCUT2D eigenvalue weighted by Gasteiger charge is 2.51. The van der Waals surface area contributed by atoms with E-state index in [-0.39, 0.29) is 28.9 Å². The molecule has 2 aliphatic rings. The number of fused-ring (bicyclic) bond motifs is 1. The van der Waals surface area contributed by atoms with E-state index in [1.807, 2.05) is 32.0 Å². The molecule has 1 amide bonds. The molecule has 0 radical (unpaired) electrons. The van der Waals surface area contributed by atoms with Gasteiger partial charge in [0.25, 0.3) is 0 Å². The third kappa shape index (κ3) is 4.39. The van der Waals surface area contributed by atoms with Crippen LogP contribution in [0.4, 0.5) is 5.69 Å². The molecule has 35 heavy (non-hydrogen) atoms. The molecule has 0 unspecified atom stereocenters. The Morgan fingerprint density at radius 2 is 1.83 bits per heavy atom. The van der Waals surface area contributed by atoms with E-state index in [9.17, 15) is 15.0 Å². The van der Waals surface area contributed by atoms with Gasteiger partial charge in [0.2, 0.25) is 5.91 Å². The molecule has 186 valence electrons. The van der Waals surface area contributed by atoms with Gasteiger partial charge in [0.05, 0.1) is 18.6 Å². The number of phenols is 2. The van der Waals surface area contributed by atoms with Crippen molar-refractivity contribution in [3.8, 4) is 11.5 Å². The summed E-state index contributed by atoms with van der Waals surface area (Å²) in [5.41, 5.74) is 2.99. The highest BCUT2D eigenvalue weighted by Crippen LogP contribution is 2.50. The molecule has 2 fully saturated rings. The molecule has 1 saturated heterocycles. The van der Waals surface area contributed by atoms with Crippen molar-refractivity contribution in [3.63, 3.8) is 0 Å². The maximum absolute atomic E-state index is 13.3. The number of aromatic nitrogens is 1. The zero-order chi connectivity index (χ0) is 25.2. The largest absolute Gasteiger partial charge is 0.504 e. The smallest absolute Gasteiger partial charge is 0.235 e. The number of nitrogens with one attached hydrogen (secondary N) is 1. The molecule has 7 heteroatoms. The molecule has 3 aromatic rings. The summed E-state index contributed by atoms with van der Waals surface area (Å²) in [6.45, 7) is 11.7. The lowest BCUT2D eigenvalue weighted by Gasteiger charge is -2.24. The topological polar surface area (TPSA) is 93.0 Å². The second-order valence-corrected chi connectivity index (χ2v) is 11.4. The predicted molar refractivity (Wildman–Crippen MR) is 135 cm³/mol. The number of carbonyl (C=O) groups is 1. The lowest BCUT2D eigenvalue weighted by Crippen LogP contribution is -2.27. The first-order chi connectivity index (χ1) is 16.4. The summed E-state index contributed by atoms with van der Waals surface area (Å²) in [6, 6.07) is 12.8. The van der Waals surface area contributed by atoms with E-state index in [0.717, 1.165) is 16.6 Å². The molecule has 3 N–H and O–H groups in total. The number of carbonyl (C=O) groups excluding carboxylic acids is 1. The molecule has 5 rings (SSSR count). The van der Waals surface area contributed by atoms with Crippen LogP contribution in [0.3, 0.4) is 0 Å². The molecular formula is C28H34N2O5.